The van der Waals surface area contributed by atoms with Crippen molar-refractivity contribution < 1.29 is 0 Å². The lowest BCUT2D eigenvalue weighted by atomic mass is 10.2. The molecular weight excluding hydrogens is 214 g/mol. The molecule has 1 nitrogen and oxygen atoms in total. The second-order valence-corrected chi connectivity index (χ2v) is 5.34. The molecule has 0 amide bonds. The molecule has 0 aliphatic heterocycles. The Labute approximate surface area is 104 Å². The lowest BCUT2D eigenvalue weighted by Crippen LogP contribution is -2.22. The molecule has 2 heteroatoms. The van der Waals surface area contributed by atoms with Crippen molar-refractivity contribution in [3.63, 3.8) is 0 Å². The van der Waals surface area contributed by atoms with Crippen LogP contribution in [0.1, 0.15) is 26.2 Å². The van der Waals surface area contributed by atoms with Crippen LogP contribution in [0.4, 0.5) is 0 Å². The van der Waals surface area contributed by atoms with Gasteiger partial charge in [0.05, 0.1) is 0 Å². The van der Waals surface area contributed by atoms with Crippen LogP contribution in [0, 0.1) is 0 Å². The molecule has 0 unspecified atom stereocenters. The van der Waals surface area contributed by atoms with Gasteiger partial charge in [-0.3, -0.25) is 0 Å². The third-order valence-electron chi connectivity index (χ3n) is 2.63. The van der Waals surface area contributed by atoms with Crippen molar-refractivity contribution in [3.8, 4) is 0 Å². The number of unbranched alkanes of at least 4 members (excludes halogenated alkanes) is 2. The number of nitrogens with zero attached hydrogens (tertiary/aromatic N) is 1. The molecule has 1 aromatic carbocycles. The normalized spacial score (nSPS) is 10.9. The van der Waals surface area contributed by atoms with Crippen molar-refractivity contribution >= 4 is 11.8 Å². The molecule has 0 fully saturated rings. The van der Waals surface area contributed by atoms with Gasteiger partial charge in [0, 0.05) is 17.2 Å². The van der Waals surface area contributed by atoms with Crippen molar-refractivity contribution in [1.82, 2.24) is 4.90 Å². The lowest BCUT2D eigenvalue weighted by Gasteiger charge is -2.15. The summed E-state index contributed by atoms with van der Waals surface area (Å²) in [4.78, 5) is 3.82. The van der Waals surface area contributed by atoms with E-state index in [4.69, 9.17) is 0 Å². The van der Waals surface area contributed by atoms with E-state index in [2.05, 4.69) is 49.2 Å². The maximum Gasteiger partial charge on any atom is 0.0108 e. The summed E-state index contributed by atoms with van der Waals surface area (Å²) in [5.41, 5.74) is 0. The quantitative estimate of drug-likeness (QED) is 0.498. The minimum Gasteiger partial charge on any atom is -0.306 e. The number of thioether (sulfide) groups is 1. The highest BCUT2D eigenvalue weighted by atomic mass is 32.2. The Kier molecular flexibility index (Phi) is 7.35. The Bertz CT molecular complexity index is 261. The molecule has 0 aromatic heterocycles. The standard InChI is InChI=1S/C14H23NS/c1-3-4-8-11-15(2)12-13-16-14-9-6-5-7-10-14/h5-7,9-10H,3-4,8,11-13H2,1-2H3. The second-order valence-electron chi connectivity index (χ2n) is 4.17. The Hall–Kier alpha value is -0.470. The summed E-state index contributed by atoms with van der Waals surface area (Å²) < 4.78 is 0. The highest BCUT2D eigenvalue weighted by Gasteiger charge is 1.98. The fraction of sp³-hybridized carbons (Fsp3) is 0.571. The highest BCUT2D eigenvalue weighted by Crippen LogP contribution is 2.16. The van der Waals surface area contributed by atoms with Crippen molar-refractivity contribution in [2.24, 2.45) is 0 Å². The van der Waals surface area contributed by atoms with Gasteiger partial charge < -0.3 is 4.90 Å². The van der Waals surface area contributed by atoms with Crippen LogP contribution in [-0.4, -0.2) is 30.8 Å². The summed E-state index contributed by atoms with van der Waals surface area (Å²) >= 11 is 1.95. The number of hydrogen-bond donors (Lipinski definition) is 0. The molecule has 1 aromatic rings. The fourth-order valence-electron chi connectivity index (χ4n) is 1.58. The zero-order valence-corrected chi connectivity index (χ0v) is 11.3. The molecule has 90 valence electrons. The molecule has 0 saturated heterocycles. The van der Waals surface area contributed by atoms with Gasteiger partial charge in [-0.25, -0.2) is 0 Å². The van der Waals surface area contributed by atoms with Gasteiger partial charge in [-0.1, -0.05) is 38.0 Å². The van der Waals surface area contributed by atoms with Crippen LogP contribution in [0.3, 0.4) is 0 Å². The number of benzene rings is 1. The first-order chi connectivity index (χ1) is 7.83. The molecule has 1 rings (SSSR count). The summed E-state index contributed by atoms with van der Waals surface area (Å²) in [7, 11) is 2.22. The maximum absolute atomic E-state index is 2.44. The molecule has 16 heavy (non-hydrogen) atoms. The predicted octanol–water partition coefficient (Wildman–Crippen LogP) is 3.90. The first-order valence-electron chi connectivity index (χ1n) is 6.19. The van der Waals surface area contributed by atoms with Crippen LogP contribution in [0.25, 0.3) is 0 Å². The van der Waals surface area contributed by atoms with E-state index < -0.39 is 0 Å². The largest absolute Gasteiger partial charge is 0.306 e. The smallest absolute Gasteiger partial charge is 0.0108 e. The van der Waals surface area contributed by atoms with Crippen LogP contribution in [0.5, 0.6) is 0 Å². The van der Waals surface area contributed by atoms with E-state index in [1.165, 1.54) is 43.0 Å². The van der Waals surface area contributed by atoms with E-state index in [1.54, 1.807) is 0 Å². The number of hydrogen-bond acceptors (Lipinski definition) is 2. The van der Waals surface area contributed by atoms with Crippen molar-refractivity contribution in [2.45, 2.75) is 31.1 Å². The topological polar surface area (TPSA) is 3.24 Å². The van der Waals surface area contributed by atoms with Crippen LogP contribution in [-0.2, 0) is 0 Å². The SMILES string of the molecule is CCCCCN(C)CCSc1ccccc1. The Balaban J connectivity index is 2.06. The molecule has 0 saturated carbocycles. The zero-order valence-electron chi connectivity index (χ0n) is 10.5. The van der Waals surface area contributed by atoms with Gasteiger partial charge in [0.15, 0.2) is 0 Å². The molecule has 0 spiro atoms. The molecule has 0 N–H and O–H groups in total. The summed E-state index contributed by atoms with van der Waals surface area (Å²) in [5.74, 6) is 1.19. The summed E-state index contributed by atoms with van der Waals surface area (Å²) in [5, 5.41) is 0. The lowest BCUT2D eigenvalue weighted by molar-refractivity contribution is 0.345. The van der Waals surface area contributed by atoms with Crippen LogP contribution in [0.2, 0.25) is 0 Å². The van der Waals surface area contributed by atoms with E-state index >= 15 is 0 Å². The van der Waals surface area contributed by atoms with Gasteiger partial charge >= 0.3 is 0 Å². The Morgan fingerprint density at radius 2 is 1.81 bits per heavy atom. The van der Waals surface area contributed by atoms with Gasteiger partial charge in [0.1, 0.15) is 0 Å². The average molecular weight is 237 g/mol. The molecule has 0 bridgehead atoms. The predicted molar refractivity (Wildman–Crippen MR) is 74.2 cm³/mol. The number of rotatable bonds is 8. The summed E-state index contributed by atoms with van der Waals surface area (Å²) in [6.07, 6.45) is 4.01. The van der Waals surface area contributed by atoms with Gasteiger partial charge in [0.2, 0.25) is 0 Å². The molecular formula is C14H23NS. The van der Waals surface area contributed by atoms with E-state index in [0.717, 1.165) is 0 Å². The maximum atomic E-state index is 2.44. The minimum absolute atomic E-state index is 1.18. The molecule has 0 radical (unpaired) electrons. The van der Waals surface area contributed by atoms with Crippen LogP contribution >= 0.6 is 11.8 Å². The molecule has 0 aliphatic carbocycles. The van der Waals surface area contributed by atoms with E-state index in [-0.39, 0.29) is 0 Å². The summed E-state index contributed by atoms with van der Waals surface area (Å²) in [6, 6.07) is 10.6. The average Bonchev–Trinajstić information content (AvgIpc) is 2.31. The fourth-order valence-corrected chi connectivity index (χ4v) is 2.57. The van der Waals surface area contributed by atoms with Crippen molar-refractivity contribution in [2.75, 3.05) is 25.9 Å². The molecule has 0 heterocycles. The third kappa shape index (κ3) is 6.19. The van der Waals surface area contributed by atoms with Crippen molar-refractivity contribution in [1.29, 1.82) is 0 Å². The van der Waals surface area contributed by atoms with E-state index in [1.807, 2.05) is 11.8 Å². The monoisotopic (exact) mass is 237 g/mol. The first kappa shape index (κ1) is 13.6. The summed E-state index contributed by atoms with van der Waals surface area (Å²) in [6.45, 7) is 4.68. The highest BCUT2D eigenvalue weighted by molar-refractivity contribution is 7.99. The molecule has 0 atom stereocenters. The van der Waals surface area contributed by atoms with Crippen LogP contribution in [0.15, 0.2) is 35.2 Å². The Morgan fingerprint density at radius 1 is 1.06 bits per heavy atom. The Morgan fingerprint density at radius 3 is 2.50 bits per heavy atom. The van der Waals surface area contributed by atoms with Gasteiger partial charge in [0.25, 0.3) is 0 Å². The first-order valence-corrected chi connectivity index (χ1v) is 7.18. The van der Waals surface area contributed by atoms with Crippen LogP contribution < -0.4 is 0 Å². The zero-order chi connectivity index (χ0) is 11.6. The third-order valence-corrected chi connectivity index (χ3v) is 3.62. The van der Waals surface area contributed by atoms with Gasteiger partial charge in [-0.15, -0.1) is 11.8 Å². The minimum atomic E-state index is 1.18. The van der Waals surface area contributed by atoms with E-state index in [9.17, 15) is 0 Å². The van der Waals surface area contributed by atoms with E-state index in [0.29, 0.717) is 0 Å². The molecule has 0 aliphatic rings. The van der Waals surface area contributed by atoms with Gasteiger partial charge in [-0.2, -0.15) is 0 Å². The van der Waals surface area contributed by atoms with Gasteiger partial charge in [-0.05, 0) is 32.1 Å². The second kappa shape index (κ2) is 8.66. The van der Waals surface area contributed by atoms with Crippen molar-refractivity contribution in [3.05, 3.63) is 30.3 Å².